The summed E-state index contributed by atoms with van der Waals surface area (Å²) in [6, 6.07) is 8.51. The second-order valence-electron chi connectivity index (χ2n) is 9.70. The van der Waals surface area contributed by atoms with Gasteiger partial charge < -0.3 is 14.5 Å². The van der Waals surface area contributed by atoms with Gasteiger partial charge in [-0.3, -0.25) is 4.79 Å². The zero-order valence-corrected chi connectivity index (χ0v) is 23.1. The predicted octanol–water partition coefficient (Wildman–Crippen LogP) is 7.85. The van der Waals surface area contributed by atoms with Gasteiger partial charge in [-0.2, -0.15) is 0 Å². The number of hydrogen-bond donors (Lipinski definition) is 0. The van der Waals surface area contributed by atoms with Gasteiger partial charge in [0.25, 0.3) is 0 Å². The quantitative estimate of drug-likeness (QED) is 0.170. The molecule has 1 rings (SSSR count). The first-order chi connectivity index (χ1) is 16.5. The van der Waals surface area contributed by atoms with Gasteiger partial charge in [0.1, 0.15) is 5.75 Å². The summed E-state index contributed by atoms with van der Waals surface area (Å²) < 4.78 is 5.58. The normalized spacial score (nSPS) is 12.2. The lowest BCUT2D eigenvalue weighted by atomic mass is 10.0. The van der Waals surface area contributed by atoms with E-state index >= 15 is 0 Å². The molecule has 4 heteroatoms. The van der Waals surface area contributed by atoms with E-state index in [1.807, 2.05) is 19.1 Å². The molecular formula is C30H54N2O2. The lowest BCUT2D eigenvalue weighted by Gasteiger charge is -2.30. The highest BCUT2D eigenvalue weighted by Gasteiger charge is 2.20. The average molecular weight is 475 g/mol. The Bertz CT molecular complexity index is 613. The molecule has 196 valence electrons. The standard InChI is InChI=1S/C30H54N2O2/c1-6-10-11-12-13-14-15-16-17-20-30(33)32(27(5)19-18-25-31(7-2)8-3)26-28-21-23-29(24-22-28)34-9-4/h21-24,27H,6-20,25-26H2,1-5H3. The van der Waals surface area contributed by atoms with Gasteiger partial charge in [-0.25, -0.2) is 0 Å². The number of carbonyl (C=O) groups is 1. The molecule has 4 nitrogen and oxygen atoms in total. The minimum absolute atomic E-state index is 0.258. The Hall–Kier alpha value is -1.55. The maximum atomic E-state index is 13.3. The van der Waals surface area contributed by atoms with Crippen LogP contribution in [-0.2, 0) is 11.3 Å². The molecule has 0 aliphatic carbocycles. The lowest BCUT2D eigenvalue weighted by Crippen LogP contribution is -2.38. The fourth-order valence-electron chi connectivity index (χ4n) is 4.58. The molecule has 1 aromatic rings. The van der Waals surface area contributed by atoms with Crippen LogP contribution >= 0.6 is 0 Å². The lowest BCUT2D eigenvalue weighted by molar-refractivity contribution is -0.134. The monoisotopic (exact) mass is 474 g/mol. The SMILES string of the molecule is CCCCCCCCCCCC(=O)N(Cc1ccc(OCC)cc1)C(C)CCCN(CC)CC. The number of carbonyl (C=O) groups excluding carboxylic acids is 1. The Morgan fingerprint density at radius 3 is 1.97 bits per heavy atom. The Morgan fingerprint density at radius 1 is 0.824 bits per heavy atom. The van der Waals surface area contributed by atoms with Gasteiger partial charge in [-0.1, -0.05) is 84.3 Å². The smallest absolute Gasteiger partial charge is 0.223 e. The molecule has 0 N–H and O–H groups in total. The van der Waals surface area contributed by atoms with Crippen molar-refractivity contribution in [3.8, 4) is 5.75 Å². The van der Waals surface area contributed by atoms with Crippen molar-refractivity contribution in [1.82, 2.24) is 9.80 Å². The molecule has 0 radical (unpaired) electrons. The first-order valence-electron chi connectivity index (χ1n) is 14.3. The van der Waals surface area contributed by atoms with E-state index in [4.69, 9.17) is 4.74 Å². The summed E-state index contributed by atoms with van der Waals surface area (Å²) in [6.45, 7) is 15.6. The molecule has 34 heavy (non-hydrogen) atoms. The van der Waals surface area contributed by atoms with Crippen LogP contribution in [0, 0.1) is 0 Å². The largest absolute Gasteiger partial charge is 0.494 e. The van der Waals surface area contributed by atoms with Gasteiger partial charge in [-0.05, 0) is 70.4 Å². The van der Waals surface area contributed by atoms with Gasteiger partial charge >= 0.3 is 0 Å². The van der Waals surface area contributed by atoms with E-state index in [1.54, 1.807) is 0 Å². The molecule has 1 atom stereocenters. The highest BCUT2D eigenvalue weighted by atomic mass is 16.5. The van der Waals surface area contributed by atoms with E-state index in [-0.39, 0.29) is 6.04 Å². The number of benzene rings is 1. The third kappa shape index (κ3) is 13.4. The summed E-state index contributed by atoms with van der Waals surface area (Å²) in [5.41, 5.74) is 1.18. The zero-order chi connectivity index (χ0) is 25.0. The van der Waals surface area contributed by atoms with Crippen molar-refractivity contribution >= 4 is 5.91 Å². The van der Waals surface area contributed by atoms with Gasteiger partial charge in [-0.15, -0.1) is 0 Å². The number of rotatable bonds is 21. The summed E-state index contributed by atoms with van der Waals surface area (Å²) in [6.07, 6.45) is 14.4. The maximum Gasteiger partial charge on any atom is 0.223 e. The summed E-state index contributed by atoms with van der Waals surface area (Å²) in [5, 5.41) is 0. The van der Waals surface area contributed by atoms with Crippen molar-refractivity contribution in [1.29, 1.82) is 0 Å². The minimum Gasteiger partial charge on any atom is -0.494 e. The average Bonchev–Trinajstić information content (AvgIpc) is 2.85. The van der Waals surface area contributed by atoms with E-state index in [0.29, 0.717) is 25.5 Å². The maximum absolute atomic E-state index is 13.3. The van der Waals surface area contributed by atoms with E-state index in [2.05, 4.69) is 49.6 Å². The van der Waals surface area contributed by atoms with E-state index in [9.17, 15) is 4.79 Å². The molecule has 0 aliphatic rings. The Morgan fingerprint density at radius 2 is 1.41 bits per heavy atom. The van der Waals surface area contributed by atoms with Crippen LogP contribution in [0.4, 0.5) is 0 Å². The second kappa shape index (κ2) is 19.7. The van der Waals surface area contributed by atoms with Crippen molar-refractivity contribution in [2.75, 3.05) is 26.2 Å². The van der Waals surface area contributed by atoms with Crippen molar-refractivity contribution in [3.63, 3.8) is 0 Å². The van der Waals surface area contributed by atoms with E-state index in [0.717, 1.165) is 44.6 Å². The van der Waals surface area contributed by atoms with E-state index < -0.39 is 0 Å². The van der Waals surface area contributed by atoms with Crippen molar-refractivity contribution in [3.05, 3.63) is 29.8 Å². The molecule has 0 aliphatic heterocycles. The first-order valence-corrected chi connectivity index (χ1v) is 14.3. The summed E-state index contributed by atoms with van der Waals surface area (Å²) >= 11 is 0. The summed E-state index contributed by atoms with van der Waals surface area (Å²) in [5.74, 6) is 1.21. The summed E-state index contributed by atoms with van der Waals surface area (Å²) in [4.78, 5) is 17.9. The van der Waals surface area contributed by atoms with Crippen LogP contribution in [0.2, 0.25) is 0 Å². The Balaban J connectivity index is 2.57. The number of unbranched alkanes of at least 4 members (excludes halogenated alkanes) is 8. The van der Waals surface area contributed by atoms with Crippen LogP contribution in [0.15, 0.2) is 24.3 Å². The summed E-state index contributed by atoms with van der Waals surface area (Å²) in [7, 11) is 0. The topological polar surface area (TPSA) is 32.8 Å². The van der Waals surface area contributed by atoms with Crippen LogP contribution in [0.25, 0.3) is 0 Å². The molecule has 0 aromatic heterocycles. The molecule has 0 spiro atoms. The zero-order valence-electron chi connectivity index (χ0n) is 23.1. The first kappa shape index (κ1) is 30.5. The fraction of sp³-hybridized carbons (Fsp3) is 0.767. The molecule has 0 saturated heterocycles. The van der Waals surface area contributed by atoms with Gasteiger partial charge in [0, 0.05) is 19.0 Å². The molecule has 0 saturated carbocycles. The van der Waals surface area contributed by atoms with Crippen LogP contribution in [0.1, 0.15) is 117 Å². The van der Waals surface area contributed by atoms with E-state index in [1.165, 1.54) is 56.9 Å². The number of hydrogen-bond acceptors (Lipinski definition) is 3. The van der Waals surface area contributed by atoms with Crippen molar-refractivity contribution in [2.45, 2.75) is 124 Å². The highest BCUT2D eigenvalue weighted by Crippen LogP contribution is 2.19. The van der Waals surface area contributed by atoms with Gasteiger partial charge in [0.2, 0.25) is 5.91 Å². The Labute approximate surface area is 211 Å². The fourth-order valence-corrected chi connectivity index (χ4v) is 4.58. The predicted molar refractivity (Wildman–Crippen MR) is 146 cm³/mol. The number of amides is 1. The molecule has 0 bridgehead atoms. The van der Waals surface area contributed by atoms with Gasteiger partial charge in [0.15, 0.2) is 0 Å². The molecule has 1 amide bonds. The number of ether oxygens (including phenoxy) is 1. The van der Waals surface area contributed by atoms with Crippen LogP contribution in [-0.4, -0.2) is 48.0 Å². The Kier molecular flexibility index (Phi) is 17.7. The van der Waals surface area contributed by atoms with Crippen LogP contribution < -0.4 is 4.74 Å². The molecule has 0 fully saturated rings. The highest BCUT2D eigenvalue weighted by molar-refractivity contribution is 5.76. The molecular weight excluding hydrogens is 420 g/mol. The third-order valence-electron chi connectivity index (χ3n) is 6.92. The van der Waals surface area contributed by atoms with Crippen molar-refractivity contribution < 1.29 is 9.53 Å². The third-order valence-corrected chi connectivity index (χ3v) is 6.92. The van der Waals surface area contributed by atoms with Crippen LogP contribution in [0.3, 0.4) is 0 Å². The minimum atomic E-state index is 0.258. The van der Waals surface area contributed by atoms with Crippen LogP contribution in [0.5, 0.6) is 5.75 Å². The van der Waals surface area contributed by atoms with Gasteiger partial charge in [0.05, 0.1) is 6.61 Å². The second-order valence-corrected chi connectivity index (χ2v) is 9.70. The molecule has 1 aromatic carbocycles. The molecule has 1 unspecified atom stereocenters. The van der Waals surface area contributed by atoms with Crippen molar-refractivity contribution in [2.24, 2.45) is 0 Å². The number of nitrogens with zero attached hydrogens (tertiary/aromatic N) is 2. The molecule has 0 heterocycles.